The zero-order chi connectivity index (χ0) is 36.3. The average molecular weight is 705 g/mol. The molecule has 2 unspecified atom stereocenters. The first-order chi connectivity index (χ1) is 25.2. The van der Waals surface area contributed by atoms with Gasteiger partial charge >= 0.3 is 0 Å². The zero-order valence-electron chi connectivity index (χ0n) is 33.7. The fourth-order valence-electron chi connectivity index (χ4n) is 6.96. The van der Waals surface area contributed by atoms with E-state index in [-0.39, 0.29) is 11.9 Å². The van der Waals surface area contributed by atoms with Crippen LogP contribution in [0.4, 0.5) is 0 Å². The molecule has 1 aliphatic rings. The lowest BCUT2D eigenvalue weighted by molar-refractivity contribution is -0.180. The van der Waals surface area contributed by atoms with Crippen LogP contribution in [0.5, 0.6) is 0 Å². The molecule has 0 aromatic carbocycles. The fourth-order valence-corrected chi connectivity index (χ4v) is 6.96. The molecule has 1 fully saturated rings. The Hall–Kier alpha value is -2.01. The van der Waals surface area contributed by atoms with E-state index in [0.717, 1.165) is 51.8 Å². The standard InChI is InChI=1S/C47H80N2O2/c1-4-6-8-10-12-14-16-18-20-22-24-26-28-30-32-34-39-47(38-33-31-29-27-25-23-21-19-17-15-13-11-9-7-5-2)50-44-46(51-47)37-42-49(3)43-45-35-40-48-41-36-45/h11-14,17-20,35-36,40-41,46H,4-10,15-16,21-34,37-39,42-44H2,1-3H3/b13-11-,14-12-,19-17-,20-18-. The van der Waals surface area contributed by atoms with Crippen LogP contribution in [0.1, 0.15) is 186 Å². The number of hydrogen-bond donors (Lipinski definition) is 0. The number of allylic oxidation sites excluding steroid dienone is 8. The van der Waals surface area contributed by atoms with Crippen molar-refractivity contribution in [2.75, 3.05) is 20.2 Å². The van der Waals surface area contributed by atoms with Gasteiger partial charge in [-0.15, -0.1) is 0 Å². The van der Waals surface area contributed by atoms with Gasteiger partial charge in [-0.2, -0.15) is 0 Å². The monoisotopic (exact) mass is 705 g/mol. The van der Waals surface area contributed by atoms with Crippen molar-refractivity contribution in [1.29, 1.82) is 0 Å². The van der Waals surface area contributed by atoms with Crippen LogP contribution in [0.3, 0.4) is 0 Å². The van der Waals surface area contributed by atoms with Crippen LogP contribution >= 0.6 is 0 Å². The summed E-state index contributed by atoms with van der Waals surface area (Å²) in [7, 11) is 2.21. The highest BCUT2D eigenvalue weighted by molar-refractivity contribution is 5.09. The minimum absolute atomic E-state index is 0.203. The zero-order valence-corrected chi connectivity index (χ0v) is 33.7. The third-order valence-electron chi connectivity index (χ3n) is 10.2. The van der Waals surface area contributed by atoms with Gasteiger partial charge in [0, 0.05) is 38.3 Å². The van der Waals surface area contributed by atoms with Crippen LogP contribution in [0.25, 0.3) is 0 Å². The van der Waals surface area contributed by atoms with Crippen LogP contribution in [-0.4, -0.2) is 42.0 Å². The Morgan fingerprint density at radius 3 is 1.63 bits per heavy atom. The maximum Gasteiger partial charge on any atom is 0.168 e. The molecule has 0 saturated carbocycles. The first-order valence-electron chi connectivity index (χ1n) is 21.7. The Bertz CT molecular complexity index is 1020. The molecule has 0 aliphatic carbocycles. The van der Waals surface area contributed by atoms with E-state index in [9.17, 15) is 0 Å². The normalized spacial score (nSPS) is 18.2. The van der Waals surface area contributed by atoms with Crippen LogP contribution in [0.15, 0.2) is 73.1 Å². The summed E-state index contributed by atoms with van der Waals surface area (Å²) in [4.78, 5) is 6.55. The molecule has 1 aliphatic heterocycles. The fraction of sp³-hybridized carbons (Fsp3) is 0.723. The third kappa shape index (κ3) is 25.6. The van der Waals surface area contributed by atoms with Gasteiger partial charge in [0.2, 0.25) is 0 Å². The molecule has 1 saturated heterocycles. The summed E-state index contributed by atoms with van der Waals surface area (Å²) >= 11 is 0. The van der Waals surface area contributed by atoms with Gasteiger partial charge in [-0.05, 0) is 102 Å². The maximum atomic E-state index is 6.81. The van der Waals surface area contributed by atoms with Gasteiger partial charge < -0.3 is 14.4 Å². The van der Waals surface area contributed by atoms with Gasteiger partial charge in [0.25, 0.3) is 0 Å². The third-order valence-corrected chi connectivity index (χ3v) is 10.2. The topological polar surface area (TPSA) is 34.6 Å². The van der Waals surface area contributed by atoms with E-state index in [1.165, 1.54) is 140 Å². The number of unbranched alkanes of at least 4 members (excludes halogenated alkanes) is 17. The molecule has 290 valence electrons. The molecule has 4 nitrogen and oxygen atoms in total. The summed E-state index contributed by atoms with van der Waals surface area (Å²) in [5, 5.41) is 0. The molecule has 0 amide bonds. The van der Waals surface area contributed by atoms with Crippen LogP contribution in [-0.2, 0) is 16.0 Å². The molecule has 0 bridgehead atoms. The second-order valence-electron chi connectivity index (χ2n) is 15.2. The van der Waals surface area contributed by atoms with E-state index in [1.54, 1.807) is 0 Å². The Kier molecular flexibility index (Phi) is 28.9. The van der Waals surface area contributed by atoms with Gasteiger partial charge in [0.05, 0.1) is 12.7 Å². The van der Waals surface area contributed by atoms with E-state index < -0.39 is 0 Å². The van der Waals surface area contributed by atoms with Crippen molar-refractivity contribution in [3.05, 3.63) is 78.7 Å². The van der Waals surface area contributed by atoms with Crippen molar-refractivity contribution in [3.8, 4) is 0 Å². The van der Waals surface area contributed by atoms with Gasteiger partial charge in [0.15, 0.2) is 5.79 Å². The van der Waals surface area contributed by atoms with Gasteiger partial charge in [-0.25, -0.2) is 0 Å². The van der Waals surface area contributed by atoms with Crippen LogP contribution < -0.4 is 0 Å². The van der Waals surface area contributed by atoms with Gasteiger partial charge in [-0.1, -0.05) is 140 Å². The highest BCUT2D eigenvalue weighted by Gasteiger charge is 2.40. The van der Waals surface area contributed by atoms with Crippen molar-refractivity contribution in [1.82, 2.24) is 9.88 Å². The van der Waals surface area contributed by atoms with Crippen LogP contribution in [0.2, 0.25) is 0 Å². The van der Waals surface area contributed by atoms with E-state index in [2.05, 4.69) is 91.5 Å². The molecular formula is C47H80N2O2. The quantitative estimate of drug-likeness (QED) is 0.0528. The molecule has 0 radical (unpaired) electrons. The molecular weight excluding hydrogens is 625 g/mol. The number of aromatic nitrogens is 1. The lowest BCUT2D eigenvalue weighted by atomic mass is 9.98. The summed E-state index contributed by atoms with van der Waals surface area (Å²) < 4.78 is 13.4. The minimum atomic E-state index is -0.362. The molecule has 0 N–H and O–H groups in total. The number of ether oxygens (including phenoxy) is 2. The van der Waals surface area contributed by atoms with Crippen molar-refractivity contribution in [2.24, 2.45) is 0 Å². The second kappa shape index (κ2) is 32.6. The molecule has 0 spiro atoms. The second-order valence-corrected chi connectivity index (χ2v) is 15.2. The SMILES string of the molecule is CCCC/C=C\C/C=C\CCCCCCCCC1(CCCCCCCC/C=C\C/C=C\CCCCC)OCC(CCN(C)Cc2ccncc2)O1. The molecule has 2 heterocycles. The Morgan fingerprint density at radius 2 is 1.10 bits per heavy atom. The number of nitrogens with zero attached hydrogens (tertiary/aromatic N) is 2. The Labute approximate surface area is 316 Å². The first-order valence-corrected chi connectivity index (χ1v) is 21.7. The Morgan fingerprint density at radius 1 is 0.627 bits per heavy atom. The lowest BCUT2D eigenvalue weighted by Crippen LogP contribution is -2.32. The van der Waals surface area contributed by atoms with E-state index in [0.29, 0.717) is 0 Å². The number of hydrogen-bond acceptors (Lipinski definition) is 4. The largest absolute Gasteiger partial charge is 0.347 e. The van der Waals surface area contributed by atoms with Gasteiger partial charge in [0.1, 0.15) is 0 Å². The molecule has 1 aromatic heterocycles. The summed E-state index contributed by atoms with van der Waals surface area (Å²) in [6.07, 6.45) is 55.2. The smallest absolute Gasteiger partial charge is 0.168 e. The van der Waals surface area contributed by atoms with Gasteiger partial charge in [-0.3, -0.25) is 4.98 Å². The van der Waals surface area contributed by atoms with Crippen molar-refractivity contribution < 1.29 is 9.47 Å². The predicted octanol–water partition coefficient (Wildman–Crippen LogP) is 14.0. The van der Waals surface area contributed by atoms with Crippen molar-refractivity contribution in [2.45, 2.75) is 199 Å². The number of pyridine rings is 1. The maximum absolute atomic E-state index is 6.81. The Balaban J connectivity index is 1.63. The molecule has 2 rings (SSSR count). The molecule has 4 heteroatoms. The molecule has 1 aromatic rings. The summed E-state index contributed by atoms with van der Waals surface area (Å²) in [5.74, 6) is -0.362. The average Bonchev–Trinajstić information content (AvgIpc) is 3.55. The highest BCUT2D eigenvalue weighted by atomic mass is 16.7. The van der Waals surface area contributed by atoms with E-state index in [1.807, 2.05) is 12.4 Å². The van der Waals surface area contributed by atoms with E-state index in [4.69, 9.17) is 9.47 Å². The first kappa shape index (κ1) is 45.1. The summed E-state index contributed by atoms with van der Waals surface area (Å²) in [6.45, 7) is 7.23. The number of rotatable bonds is 34. The molecule has 2 atom stereocenters. The van der Waals surface area contributed by atoms with Crippen molar-refractivity contribution in [3.63, 3.8) is 0 Å². The van der Waals surface area contributed by atoms with Crippen molar-refractivity contribution >= 4 is 0 Å². The lowest BCUT2D eigenvalue weighted by Gasteiger charge is -2.29. The predicted molar refractivity (Wildman–Crippen MR) is 222 cm³/mol. The summed E-state index contributed by atoms with van der Waals surface area (Å²) in [6, 6.07) is 4.21. The minimum Gasteiger partial charge on any atom is -0.347 e. The highest BCUT2D eigenvalue weighted by Crippen LogP contribution is 2.35. The van der Waals surface area contributed by atoms with Crippen LogP contribution in [0, 0.1) is 0 Å². The van der Waals surface area contributed by atoms with E-state index >= 15 is 0 Å². The summed E-state index contributed by atoms with van der Waals surface area (Å²) in [5.41, 5.74) is 1.31. The molecule has 51 heavy (non-hydrogen) atoms.